The summed E-state index contributed by atoms with van der Waals surface area (Å²) in [6.07, 6.45) is 3.16. The predicted molar refractivity (Wildman–Crippen MR) is 109 cm³/mol. The van der Waals surface area contributed by atoms with Crippen molar-refractivity contribution in [3.8, 4) is 11.5 Å². The van der Waals surface area contributed by atoms with Crippen LogP contribution in [-0.2, 0) is 23.7 Å². The van der Waals surface area contributed by atoms with E-state index < -0.39 is 5.92 Å². The second-order valence-electron chi connectivity index (χ2n) is 6.92. The molecule has 28 heavy (non-hydrogen) atoms. The first kappa shape index (κ1) is 20.6. The Bertz CT molecular complexity index is 824. The quantitative estimate of drug-likeness (QED) is 0.599. The number of benzene rings is 2. The van der Waals surface area contributed by atoms with Gasteiger partial charge in [0, 0.05) is 37.2 Å². The molecule has 6 heteroatoms. The number of fused-ring (bicyclic) bond motifs is 1. The summed E-state index contributed by atoms with van der Waals surface area (Å²) in [4.78, 5) is 14.2. The number of nitrogens with zero attached hydrogens (tertiary/aromatic N) is 1. The number of rotatable bonds is 7. The van der Waals surface area contributed by atoms with Gasteiger partial charge in [0.15, 0.2) is 0 Å². The van der Waals surface area contributed by atoms with Crippen LogP contribution in [0.2, 0.25) is 0 Å². The van der Waals surface area contributed by atoms with Crippen LogP contribution in [0, 0.1) is 0 Å². The summed E-state index contributed by atoms with van der Waals surface area (Å²) in [5.41, 5.74) is 2.29. The Kier molecular flexibility index (Phi) is 6.60. The number of alkyl halides is 2. The number of amides is 1. The van der Waals surface area contributed by atoms with Crippen LogP contribution in [0.1, 0.15) is 36.5 Å². The zero-order valence-electron chi connectivity index (χ0n) is 16.2. The highest BCUT2D eigenvalue weighted by Gasteiger charge is 2.28. The van der Waals surface area contributed by atoms with E-state index in [4.69, 9.17) is 4.74 Å². The average molecular weight is 406 g/mol. The van der Waals surface area contributed by atoms with Crippen LogP contribution in [0.25, 0.3) is 0 Å². The first-order chi connectivity index (χ1) is 13.4. The van der Waals surface area contributed by atoms with Gasteiger partial charge in [-0.05, 0) is 60.2 Å². The van der Waals surface area contributed by atoms with Crippen molar-refractivity contribution >= 4 is 17.7 Å². The summed E-state index contributed by atoms with van der Waals surface area (Å²) in [6, 6.07) is 11.8. The second kappa shape index (κ2) is 8.95. The molecule has 0 saturated heterocycles. The number of carbonyl (C=O) groups is 1. The van der Waals surface area contributed by atoms with Crippen LogP contribution < -0.4 is 4.74 Å². The Balaban J connectivity index is 1.69. The summed E-state index contributed by atoms with van der Waals surface area (Å²) in [6.45, 7) is 2.79. The van der Waals surface area contributed by atoms with Gasteiger partial charge in [-0.2, -0.15) is 11.8 Å². The highest BCUT2D eigenvalue weighted by Crippen LogP contribution is 2.33. The molecule has 1 amide bonds. The van der Waals surface area contributed by atoms with Crippen LogP contribution in [0.4, 0.5) is 8.78 Å². The van der Waals surface area contributed by atoms with E-state index in [1.54, 1.807) is 23.9 Å². The van der Waals surface area contributed by atoms with Crippen molar-refractivity contribution in [1.82, 2.24) is 4.90 Å². The van der Waals surface area contributed by atoms with Crippen molar-refractivity contribution in [2.75, 3.05) is 18.6 Å². The van der Waals surface area contributed by atoms with Gasteiger partial charge in [0.25, 0.3) is 5.92 Å². The largest absolute Gasteiger partial charge is 0.457 e. The third kappa shape index (κ3) is 4.85. The molecule has 1 aliphatic heterocycles. The minimum Gasteiger partial charge on any atom is -0.457 e. The van der Waals surface area contributed by atoms with E-state index in [-0.39, 0.29) is 17.9 Å². The second-order valence-corrected chi connectivity index (χ2v) is 7.91. The highest BCUT2D eigenvalue weighted by molar-refractivity contribution is 7.98. The molecule has 0 bridgehead atoms. The van der Waals surface area contributed by atoms with E-state index in [1.807, 2.05) is 29.4 Å². The van der Waals surface area contributed by atoms with E-state index in [0.29, 0.717) is 24.5 Å². The topological polar surface area (TPSA) is 29.5 Å². The Morgan fingerprint density at radius 3 is 2.54 bits per heavy atom. The summed E-state index contributed by atoms with van der Waals surface area (Å²) in [7, 11) is 0. The SMILES string of the molecule is CCC(F)(F)c1ccc(Oc2ccc3c(c2)CN(C(=O)CCSC)CC3)cc1. The van der Waals surface area contributed by atoms with Crippen molar-refractivity contribution < 1.29 is 18.3 Å². The van der Waals surface area contributed by atoms with E-state index >= 15 is 0 Å². The molecule has 2 aromatic rings. The van der Waals surface area contributed by atoms with Gasteiger partial charge in [-0.3, -0.25) is 4.79 Å². The first-order valence-electron chi connectivity index (χ1n) is 9.47. The van der Waals surface area contributed by atoms with Gasteiger partial charge >= 0.3 is 0 Å². The normalized spacial score (nSPS) is 13.9. The molecule has 2 aromatic carbocycles. The van der Waals surface area contributed by atoms with E-state index in [0.717, 1.165) is 24.3 Å². The molecule has 0 aliphatic carbocycles. The number of hydrogen-bond donors (Lipinski definition) is 0. The van der Waals surface area contributed by atoms with E-state index in [2.05, 4.69) is 0 Å². The van der Waals surface area contributed by atoms with Gasteiger partial charge in [-0.1, -0.05) is 13.0 Å². The summed E-state index contributed by atoms with van der Waals surface area (Å²) in [5.74, 6) is -0.653. The van der Waals surface area contributed by atoms with Crippen molar-refractivity contribution in [2.24, 2.45) is 0 Å². The van der Waals surface area contributed by atoms with E-state index in [9.17, 15) is 13.6 Å². The van der Waals surface area contributed by atoms with Gasteiger partial charge in [0.05, 0.1) is 0 Å². The molecular weight excluding hydrogens is 380 g/mol. The Labute approximate surface area is 169 Å². The minimum absolute atomic E-state index is 0.00723. The Hall–Kier alpha value is -2.08. The van der Waals surface area contributed by atoms with Crippen LogP contribution in [0.15, 0.2) is 42.5 Å². The van der Waals surface area contributed by atoms with Crippen LogP contribution in [0.5, 0.6) is 11.5 Å². The van der Waals surface area contributed by atoms with Gasteiger partial charge in [-0.25, -0.2) is 8.78 Å². The lowest BCUT2D eigenvalue weighted by Gasteiger charge is -2.29. The fourth-order valence-electron chi connectivity index (χ4n) is 3.26. The van der Waals surface area contributed by atoms with Crippen LogP contribution in [0.3, 0.4) is 0 Å². The summed E-state index contributed by atoms with van der Waals surface area (Å²) < 4.78 is 33.3. The maximum Gasteiger partial charge on any atom is 0.273 e. The van der Waals surface area contributed by atoms with Gasteiger partial charge < -0.3 is 9.64 Å². The van der Waals surface area contributed by atoms with E-state index in [1.165, 1.54) is 24.6 Å². The predicted octanol–water partition coefficient (Wildman–Crippen LogP) is 5.62. The zero-order chi connectivity index (χ0) is 20.1. The fourth-order valence-corrected chi connectivity index (χ4v) is 3.64. The molecule has 0 atom stereocenters. The smallest absolute Gasteiger partial charge is 0.273 e. The minimum atomic E-state index is -2.82. The monoisotopic (exact) mass is 405 g/mol. The molecule has 1 heterocycles. The van der Waals surface area contributed by atoms with Gasteiger partial charge in [0.1, 0.15) is 11.5 Å². The lowest BCUT2D eigenvalue weighted by Crippen LogP contribution is -2.36. The number of carbonyl (C=O) groups excluding carboxylic acids is 1. The van der Waals surface area contributed by atoms with Gasteiger partial charge in [0.2, 0.25) is 5.91 Å². The molecule has 150 valence electrons. The maximum absolute atomic E-state index is 13.7. The number of halogens is 2. The average Bonchev–Trinajstić information content (AvgIpc) is 2.72. The van der Waals surface area contributed by atoms with Crippen molar-refractivity contribution in [2.45, 2.75) is 38.7 Å². The number of ether oxygens (including phenoxy) is 1. The molecule has 0 aromatic heterocycles. The zero-order valence-corrected chi connectivity index (χ0v) is 17.0. The highest BCUT2D eigenvalue weighted by atomic mass is 32.2. The molecule has 0 radical (unpaired) electrons. The lowest BCUT2D eigenvalue weighted by molar-refractivity contribution is -0.131. The Morgan fingerprint density at radius 2 is 1.86 bits per heavy atom. The third-order valence-corrected chi connectivity index (χ3v) is 5.63. The van der Waals surface area contributed by atoms with Crippen LogP contribution in [-0.4, -0.2) is 29.4 Å². The number of thioether (sulfide) groups is 1. The number of hydrogen-bond acceptors (Lipinski definition) is 3. The fraction of sp³-hybridized carbons (Fsp3) is 0.409. The standard InChI is InChI=1S/C22H25F2NO2S/c1-3-22(23,24)18-5-8-19(9-6-18)27-20-7-4-16-10-12-25(15-17(16)14-20)21(26)11-13-28-2/h4-9,14H,3,10-13,15H2,1-2H3. The molecule has 3 nitrogen and oxygen atoms in total. The molecule has 0 unspecified atom stereocenters. The molecule has 0 saturated carbocycles. The summed E-state index contributed by atoms with van der Waals surface area (Å²) in [5, 5.41) is 0. The third-order valence-electron chi connectivity index (χ3n) is 5.02. The molecule has 1 aliphatic rings. The summed E-state index contributed by atoms with van der Waals surface area (Å²) >= 11 is 1.67. The maximum atomic E-state index is 13.7. The lowest BCUT2D eigenvalue weighted by atomic mass is 9.99. The molecule has 3 rings (SSSR count). The molecule has 0 N–H and O–H groups in total. The van der Waals surface area contributed by atoms with Crippen molar-refractivity contribution in [3.05, 3.63) is 59.2 Å². The van der Waals surface area contributed by atoms with Crippen molar-refractivity contribution in [1.29, 1.82) is 0 Å². The van der Waals surface area contributed by atoms with Crippen LogP contribution >= 0.6 is 11.8 Å². The van der Waals surface area contributed by atoms with Gasteiger partial charge in [-0.15, -0.1) is 0 Å². The molecular formula is C22H25F2NO2S. The van der Waals surface area contributed by atoms with Crippen molar-refractivity contribution in [3.63, 3.8) is 0 Å². The molecule has 0 fully saturated rings. The first-order valence-corrected chi connectivity index (χ1v) is 10.9. The molecule has 0 spiro atoms. The Morgan fingerprint density at radius 1 is 1.14 bits per heavy atom.